The van der Waals surface area contributed by atoms with Crippen LogP contribution in [0.3, 0.4) is 0 Å². The van der Waals surface area contributed by atoms with Crippen molar-refractivity contribution < 1.29 is 47.4 Å². The highest BCUT2D eigenvalue weighted by molar-refractivity contribution is 5.95. The lowest BCUT2D eigenvalue weighted by atomic mass is 9.84. The third-order valence-electron chi connectivity index (χ3n) is 14.9. The maximum absolute atomic E-state index is 14.2. The highest BCUT2D eigenvalue weighted by atomic mass is 16.6. The zero-order valence-corrected chi connectivity index (χ0v) is 43.1. The standard InChI is InChI=1S/C54H78N6O11/c1-10-11-12-15-32-20-22-33(23-21-32)39-24-34-26-60(54(67)59-51(34)70-39)42-25-40(71-53(66)46(31(8)9)58-50(64)38-19-14-17-36(38)48(62)44(56)29(4)5)41(69-42)27-68-52(65)45(30(6)7)57-49(63)37-18-13-16-35(37)47(61)43(55)28(2)3/h20-24,26,28-31,35-38,40-46H,10-19,25,27,55-56H2,1-9H3,(H,57,63)(H,58,64)/t35?,36?,37?,38?,40-,41-,42-,43?,44?,45?,46?/m1/s1. The van der Waals surface area contributed by atoms with Gasteiger partial charge in [-0.05, 0) is 73.8 Å². The summed E-state index contributed by atoms with van der Waals surface area (Å²) in [5.74, 6) is -5.72. The molecule has 2 amide bonds. The summed E-state index contributed by atoms with van der Waals surface area (Å²) in [6.45, 7) is 16.2. The number of unbranched alkanes of at least 4 members (excludes halogenated alkanes) is 2. The molecule has 2 aliphatic carbocycles. The van der Waals surface area contributed by atoms with Crippen LogP contribution >= 0.6 is 0 Å². The molecule has 71 heavy (non-hydrogen) atoms. The number of fused-ring (bicyclic) bond motifs is 1. The highest BCUT2D eigenvalue weighted by Gasteiger charge is 2.46. The maximum atomic E-state index is 14.2. The lowest BCUT2D eigenvalue weighted by molar-refractivity contribution is -0.163. The predicted molar refractivity (Wildman–Crippen MR) is 267 cm³/mol. The smallest absolute Gasteiger partial charge is 0.353 e. The molecule has 17 heteroatoms. The van der Waals surface area contributed by atoms with E-state index < -0.39 is 114 Å². The van der Waals surface area contributed by atoms with Crippen molar-refractivity contribution in [3.8, 4) is 11.3 Å². The van der Waals surface area contributed by atoms with Gasteiger partial charge in [0, 0.05) is 41.9 Å². The zero-order valence-electron chi connectivity index (χ0n) is 43.1. The first kappa shape index (κ1) is 55.1. The van der Waals surface area contributed by atoms with Gasteiger partial charge in [-0.2, -0.15) is 4.98 Å². The second-order valence-electron chi connectivity index (χ2n) is 21.5. The van der Waals surface area contributed by atoms with Gasteiger partial charge in [-0.25, -0.2) is 14.4 Å². The van der Waals surface area contributed by atoms with Crippen LogP contribution in [0.1, 0.15) is 138 Å². The van der Waals surface area contributed by atoms with E-state index in [0.29, 0.717) is 49.7 Å². The number of nitrogens with one attached hydrogen (secondary N) is 2. The summed E-state index contributed by atoms with van der Waals surface area (Å²) in [5, 5.41) is 6.23. The Kier molecular flexibility index (Phi) is 19.0. The molecule has 3 aliphatic rings. The number of benzene rings is 1. The van der Waals surface area contributed by atoms with Gasteiger partial charge in [-0.15, -0.1) is 0 Å². The van der Waals surface area contributed by atoms with Crippen molar-refractivity contribution in [2.45, 2.75) is 176 Å². The fourth-order valence-corrected chi connectivity index (χ4v) is 10.2. The van der Waals surface area contributed by atoms with Crippen LogP contribution in [0.4, 0.5) is 0 Å². The first-order valence-electron chi connectivity index (χ1n) is 26.0. The van der Waals surface area contributed by atoms with Gasteiger partial charge in [0.2, 0.25) is 17.5 Å². The molecule has 2 saturated carbocycles. The number of ketones is 2. The van der Waals surface area contributed by atoms with Crippen molar-refractivity contribution in [3.63, 3.8) is 0 Å². The number of nitrogens with zero attached hydrogens (tertiary/aromatic N) is 2. The zero-order chi connectivity index (χ0) is 51.8. The van der Waals surface area contributed by atoms with Crippen LogP contribution < -0.4 is 27.8 Å². The summed E-state index contributed by atoms with van der Waals surface area (Å²) in [6.07, 6.45) is 5.98. The molecule has 17 nitrogen and oxygen atoms in total. The van der Waals surface area contributed by atoms with Crippen LogP contribution in [0.15, 0.2) is 45.7 Å². The van der Waals surface area contributed by atoms with Crippen LogP contribution in [0.5, 0.6) is 0 Å². The number of rotatable bonds is 23. The van der Waals surface area contributed by atoms with E-state index >= 15 is 0 Å². The predicted octanol–water partition coefficient (Wildman–Crippen LogP) is 6.35. The highest BCUT2D eigenvalue weighted by Crippen LogP contribution is 2.37. The van der Waals surface area contributed by atoms with Crippen molar-refractivity contribution in [1.82, 2.24) is 20.2 Å². The molecule has 1 aliphatic heterocycles. The fourth-order valence-electron chi connectivity index (χ4n) is 10.2. The van der Waals surface area contributed by atoms with E-state index in [-0.39, 0.29) is 35.5 Å². The number of aryl methyl sites for hydroxylation is 1. The summed E-state index contributed by atoms with van der Waals surface area (Å²) in [7, 11) is 0. The van der Waals surface area contributed by atoms with E-state index in [9.17, 15) is 33.6 Å². The summed E-state index contributed by atoms with van der Waals surface area (Å²) in [5.41, 5.74) is 13.9. The first-order chi connectivity index (χ1) is 33.7. The molecular weight excluding hydrogens is 909 g/mol. The third kappa shape index (κ3) is 13.2. The van der Waals surface area contributed by atoms with Crippen molar-refractivity contribution in [3.05, 3.63) is 52.6 Å². The Morgan fingerprint density at radius 2 is 1.28 bits per heavy atom. The number of hydrogen-bond acceptors (Lipinski definition) is 14. The van der Waals surface area contributed by atoms with Gasteiger partial charge in [-0.3, -0.25) is 23.7 Å². The summed E-state index contributed by atoms with van der Waals surface area (Å²) in [6, 6.07) is 6.21. The Bertz CT molecular complexity index is 2410. The van der Waals surface area contributed by atoms with Crippen LogP contribution in [-0.4, -0.2) is 87.9 Å². The number of nitrogens with two attached hydrogens (primary N) is 2. The van der Waals surface area contributed by atoms with E-state index in [1.807, 2.05) is 39.8 Å². The SMILES string of the molecule is CCCCCc1ccc(-c2cc3cn([C@H]4C[C@@H](OC(=O)C(NC(=O)C5CCCC5C(=O)C(N)C(C)C)C(C)C)[C@@H](COC(=O)C(NC(=O)C5CCCC5C(=O)C(N)C(C)C)C(C)C)O4)c(=O)nc3o2)cc1. The van der Waals surface area contributed by atoms with E-state index in [0.717, 1.165) is 31.2 Å². The molecule has 8 unspecified atom stereocenters. The minimum Gasteiger partial charge on any atom is -0.461 e. The molecule has 6 rings (SSSR count). The number of hydrogen-bond donors (Lipinski definition) is 4. The number of esters is 2. The normalized spacial score (nSPS) is 24.1. The molecule has 390 valence electrons. The van der Waals surface area contributed by atoms with E-state index in [1.165, 1.54) is 10.1 Å². The van der Waals surface area contributed by atoms with Crippen LogP contribution in [0, 0.1) is 47.3 Å². The Labute approximate surface area is 417 Å². The number of carbonyl (C=O) groups is 6. The summed E-state index contributed by atoms with van der Waals surface area (Å²) >= 11 is 0. The van der Waals surface area contributed by atoms with E-state index in [1.54, 1.807) is 40.0 Å². The van der Waals surface area contributed by atoms with Gasteiger partial charge in [0.05, 0.1) is 17.5 Å². The second kappa shape index (κ2) is 24.4. The van der Waals surface area contributed by atoms with Gasteiger partial charge >= 0.3 is 17.6 Å². The van der Waals surface area contributed by atoms with Gasteiger partial charge in [0.15, 0.2) is 11.6 Å². The molecule has 3 heterocycles. The molecule has 6 N–H and O–H groups in total. The molecular formula is C54H78N6O11. The maximum Gasteiger partial charge on any atom is 0.353 e. The van der Waals surface area contributed by atoms with Gasteiger partial charge in [0.1, 0.15) is 42.9 Å². The Morgan fingerprint density at radius 3 is 1.80 bits per heavy atom. The molecule has 1 aromatic carbocycles. The number of ether oxygens (including phenoxy) is 3. The van der Waals surface area contributed by atoms with Gasteiger partial charge in [-0.1, -0.05) is 112 Å². The molecule has 0 bridgehead atoms. The van der Waals surface area contributed by atoms with Crippen LogP contribution in [-0.2, 0) is 49.4 Å². The quantitative estimate of drug-likeness (QED) is 0.0597. The largest absolute Gasteiger partial charge is 0.461 e. The molecule has 1 saturated heterocycles. The topological polar surface area (TPSA) is 254 Å². The average molecular weight is 987 g/mol. The molecule has 0 spiro atoms. The number of aromatic nitrogens is 2. The minimum absolute atomic E-state index is 0.0593. The number of furan rings is 1. The lowest BCUT2D eigenvalue weighted by Gasteiger charge is -2.28. The Morgan fingerprint density at radius 1 is 0.746 bits per heavy atom. The van der Waals surface area contributed by atoms with Crippen molar-refractivity contribution in [1.29, 1.82) is 0 Å². The monoisotopic (exact) mass is 987 g/mol. The lowest BCUT2D eigenvalue weighted by Crippen LogP contribution is -2.51. The molecule has 3 aromatic rings. The molecule has 0 radical (unpaired) electrons. The first-order valence-corrected chi connectivity index (χ1v) is 26.0. The fraction of sp³-hybridized carbons (Fsp3) is 0.667. The van der Waals surface area contributed by atoms with Crippen LogP contribution in [0.2, 0.25) is 0 Å². The summed E-state index contributed by atoms with van der Waals surface area (Å²) in [4.78, 5) is 100. The van der Waals surface area contributed by atoms with E-state index in [4.69, 9.17) is 30.1 Å². The Hall–Kier alpha value is -5.26. The van der Waals surface area contributed by atoms with Gasteiger partial charge in [0.25, 0.3) is 0 Å². The average Bonchev–Trinajstić information content (AvgIpc) is 4.17. The molecule has 11 atom stereocenters. The second-order valence-corrected chi connectivity index (χ2v) is 21.5. The minimum atomic E-state index is -1.13. The molecule has 2 aromatic heterocycles. The Balaban J connectivity index is 1.22. The van der Waals surface area contributed by atoms with E-state index in [2.05, 4.69) is 34.7 Å². The van der Waals surface area contributed by atoms with Crippen molar-refractivity contribution >= 4 is 46.4 Å². The molecule has 3 fully saturated rings. The number of carbonyl (C=O) groups excluding carboxylic acids is 6. The van der Waals surface area contributed by atoms with Gasteiger partial charge < -0.3 is 40.7 Å². The van der Waals surface area contributed by atoms with Crippen molar-refractivity contribution in [2.24, 2.45) is 58.8 Å². The van der Waals surface area contributed by atoms with Crippen molar-refractivity contribution in [2.75, 3.05) is 6.61 Å². The number of amides is 2. The van der Waals surface area contributed by atoms with Crippen LogP contribution in [0.25, 0.3) is 22.4 Å². The third-order valence-corrected chi connectivity index (χ3v) is 14.9. The summed E-state index contributed by atoms with van der Waals surface area (Å²) < 4.78 is 25.8. The number of Topliss-reactive ketones (excluding diaryl/α,β-unsaturated/α-hetero) is 2.